The van der Waals surface area contributed by atoms with Gasteiger partial charge in [0, 0.05) is 12.1 Å². The molecule has 1 aliphatic heterocycles. The molecule has 4 nitrogen and oxygen atoms in total. The quantitative estimate of drug-likeness (QED) is 0.696. The molecule has 0 spiro atoms. The summed E-state index contributed by atoms with van der Waals surface area (Å²) in [5.74, 6) is 0.634. The lowest BCUT2D eigenvalue weighted by Crippen LogP contribution is -2.59. The van der Waals surface area contributed by atoms with Crippen LogP contribution in [0.2, 0.25) is 0 Å². The third-order valence-electron chi connectivity index (χ3n) is 2.33. The predicted molar refractivity (Wildman–Crippen MR) is 51.7 cm³/mol. The minimum atomic E-state index is -0.367. The fourth-order valence-electron chi connectivity index (χ4n) is 1.57. The van der Waals surface area contributed by atoms with Crippen molar-refractivity contribution in [3.8, 4) is 0 Å². The van der Waals surface area contributed by atoms with E-state index in [0.717, 1.165) is 0 Å². The molecule has 1 unspecified atom stereocenters. The minimum absolute atomic E-state index is 0.0284. The zero-order valence-electron chi connectivity index (χ0n) is 8.33. The number of hydrogen-bond acceptors (Lipinski definition) is 3. The molecule has 0 saturated carbocycles. The van der Waals surface area contributed by atoms with Crippen LogP contribution >= 0.6 is 0 Å². The molecule has 1 aromatic rings. The molecule has 1 atom stereocenters. The molecule has 0 aliphatic carbocycles. The van der Waals surface area contributed by atoms with Crippen molar-refractivity contribution in [3.63, 3.8) is 0 Å². The zero-order valence-corrected chi connectivity index (χ0v) is 8.33. The average molecular weight is 194 g/mol. The molecule has 0 aromatic carbocycles. The molecule has 2 heterocycles. The van der Waals surface area contributed by atoms with E-state index in [1.165, 1.54) is 0 Å². The van der Waals surface area contributed by atoms with Gasteiger partial charge < -0.3 is 9.73 Å². The van der Waals surface area contributed by atoms with Gasteiger partial charge in [0.05, 0.1) is 6.26 Å². The van der Waals surface area contributed by atoms with Crippen LogP contribution in [-0.4, -0.2) is 18.0 Å². The molecule has 76 valence electrons. The highest BCUT2D eigenvalue weighted by Crippen LogP contribution is 2.20. The molecule has 2 rings (SSSR count). The zero-order chi connectivity index (χ0) is 10.2. The van der Waals surface area contributed by atoms with Gasteiger partial charge in [-0.15, -0.1) is 0 Å². The number of hydrogen-bond donors (Lipinski definition) is 2. The molecule has 0 bridgehead atoms. The summed E-state index contributed by atoms with van der Waals surface area (Å²) in [5.41, 5.74) is -0.0919. The molecular weight excluding hydrogens is 180 g/mol. The Morgan fingerprint density at radius 2 is 2.36 bits per heavy atom. The van der Waals surface area contributed by atoms with Crippen molar-refractivity contribution in [2.24, 2.45) is 0 Å². The van der Waals surface area contributed by atoms with Crippen molar-refractivity contribution in [1.29, 1.82) is 0 Å². The summed E-state index contributed by atoms with van der Waals surface area (Å²) in [4.78, 5) is 11.5. The predicted octanol–water partition coefficient (Wildman–Crippen LogP) is 0.819. The van der Waals surface area contributed by atoms with Gasteiger partial charge in [-0.25, -0.2) is 0 Å². The Hall–Kier alpha value is -1.29. The van der Waals surface area contributed by atoms with Gasteiger partial charge in [-0.3, -0.25) is 10.1 Å². The molecule has 4 heteroatoms. The van der Waals surface area contributed by atoms with Gasteiger partial charge in [-0.2, -0.15) is 0 Å². The molecule has 1 aliphatic rings. The molecule has 14 heavy (non-hydrogen) atoms. The number of nitrogens with one attached hydrogen (secondary N) is 2. The summed E-state index contributed by atoms with van der Waals surface area (Å²) in [6, 6.07) is 3.22. The highest BCUT2D eigenvalue weighted by atomic mass is 16.3. The van der Waals surface area contributed by atoms with E-state index in [2.05, 4.69) is 10.6 Å². The van der Waals surface area contributed by atoms with E-state index in [1.54, 1.807) is 18.4 Å². The monoisotopic (exact) mass is 194 g/mol. The normalized spacial score (nSPS) is 25.9. The second kappa shape index (κ2) is 3.13. The van der Waals surface area contributed by atoms with Crippen molar-refractivity contribution in [1.82, 2.24) is 10.6 Å². The summed E-state index contributed by atoms with van der Waals surface area (Å²) in [5, 5.41) is 6.09. The van der Waals surface area contributed by atoms with E-state index < -0.39 is 0 Å². The molecule has 1 fully saturated rings. The van der Waals surface area contributed by atoms with Crippen molar-refractivity contribution < 1.29 is 9.21 Å². The first-order valence-electron chi connectivity index (χ1n) is 4.67. The van der Waals surface area contributed by atoms with Crippen molar-refractivity contribution in [3.05, 3.63) is 24.2 Å². The van der Waals surface area contributed by atoms with E-state index in [9.17, 15) is 4.79 Å². The van der Waals surface area contributed by atoms with Crippen LogP contribution in [0.25, 0.3) is 0 Å². The Morgan fingerprint density at radius 3 is 3.00 bits per heavy atom. The SMILES string of the molecule is CC1(C)CNC(=O)C(c2ccco2)N1. The molecule has 0 radical (unpaired) electrons. The number of furan rings is 1. The second-order valence-electron chi connectivity index (χ2n) is 4.19. The van der Waals surface area contributed by atoms with E-state index in [-0.39, 0.29) is 17.5 Å². The smallest absolute Gasteiger partial charge is 0.245 e. The molecule has 2 N–H and O–H groups in total. The Balaban J connectivity index is 2.21. The van der Waals surface area contributed by atoms with Crippen molar-refractivity contribution in [2.45, 2.75) is 25.4 Å². The van der Waals surface area contributed by atoms with E-state index in [1.807, 2.05) is 13.8 Å². The highest BCUT2D eigenvalue weighted by Gasteiger charge is 2.34. The van der Waals surface area contributed by atoms with Crippen LogP contribution in [-0.2, 0) is 4.79 Å². The summed E-state index contributed by atoms with van der Waals surface area (Å²) in [6.45, 7) is 4.73. The maximum atomic E-state index is 11.5. The van der Waals surface area contributed by atoms with Crippen LogP contribution in [0, 0.1) is 0 Å². The average Bonchev–Trinajstić information content (AvgIpc) is 2.62. The first kappa shape index (κ1) is 9.27. The highest BCUT2D eigenvalue weighted by molar-refractivity contribution is 5.83. The van der Waals surface area contributed by atoms with Gasteiger partial charge in [0.25, 0.3) is 0 Å². The first-order valence-corrected chi connectivity index (χ1v) is 4.67. The Kier molecular flexibility index (Phi) is 2.07. The largest absolute Gasteiger partial charge is 0.467 e. The van der Waals surface area contributed by atoms with Crippen molar-refractivity contribution in [2.75, 3.05) is 6.54 Å². The fraction of sp³-hybridized carbons (Fsp3) is 0.500. The number of rotatable bonds is 1. The number of piperazine rings is 1. The number of amides is 1. The number of carbonyl (C=O) groups is 1. The molecule has 1 aromatic heterocycles. The van der Waals surface area contributed by atoms with Crippen LogP contribution in [0.15, 0.2) is 22.8 Å². The summed E-state index contributed by atoms with van der Waals surface area (Å²) in [7, 11) is 0. The van der Waals surface area contributed by atoms with Gasteiger partial charge in [0.15, 0.2) is 0 Å². The molecular formula is C10H14N2O2. The lowest BCUT2D eigenvalue weighted by atomic mass is 9.99. The maximum Gasteiger partial charge on any atom is 0.245 e. The van der Waals surface area contributed by atoms with E-state index in [0.29, 0.717) is 12.3 Å². The van der Waals surface area contributed by atoms with Crippen molar-refractivity contribution >= 4 is 5.91 Å². The fourth-order valence-corrected chi connectivity index (χ4v) is 1.57. The van der Waals surface area contributed by atoms with E-state index >= 15 is 0 Å². The summed E-state index contributed by atoms with van der Waals surface area (Å²) < 4.78 is 5.21. The van der Waals surface area contributed by atoms with Gasteiger partial charge in [-0.1, -0.05) is 0 Å². The Bertz CT molecular complexity index is 330. The van der Waals surface area contributed by atoms with Crippen LogP contribution in [0.1, 0.15) is 25.6 Å². The molecule has 1 amide bonds. The Labute approximate surface area is 82.7 Å². The van der Waals surface area contributed by atoms with Gasteiger partial charge >= 0.3 is 0 Å². The lowest BCUT2D eigenvalue weighted by Gasteiger charge is -2.35. The van der Waals surface area contributed by atoms with E-state index in [4.69, 9.17) is 4.42 Å². The van der Waals surface area contributed by atoms with Crippen LogP contribution in [0.5, 0.6) is 0 Å². The lowest BCUT2D eigenvalue weighted by molar-refractivity contribution is -0.126. The van der Waals surface area contributed by atoms with Gasteiger partial charge in [0.1, 0.15) is 11.8 Å². The topological polar surface area (TPSA) is 54.3 Å². The maximum absolute atomic E-state index is 11.5. The standard InChI is InChI=1S/C10H14N2O2/c1-10(2)6-11-9(13)8(12-10)7-4-3-5-14-7/h3-5,8,12H,6H2,1-2H3,(H,11,13). The van der Waals surface area contributed by atoms with Gasteiger partial charge in [-0.05, 0) is 26.0 Å². The van der Waals surface area contributed by atoms with Crippen LogP contribution < -0.4 is 10.6 Å². The number of carbonyl (C=O) groups excluding carboxylic acids is 1. The van der Waals surface area contributed by atoms with Gasteiger partial charge in [0.2, 0.25) is 5.91 Å². The minimum Gasteiger partial charge on any atom is -0.467 e. The second-order valence-corrected chi connectivity index (χ2v) is 4.19. The molecule has 1 saturated heterocycles. The van der Waals surface area contributed by atoms with Crippen LogP contribution in [0.4, 0.5) is 0 Å². The Morgan fingerprint density at radius 1 is 1.57 bits per heavy atom. The summed E-state index contributed by atoms with van der Waals surface area (Å²) >= 11 is 0. The third kappa shape index (κ3) is 1.65. The van der Waals surface area contributed by atoms with Crippen LogP contribution in [0.3, 0.4) is 0 Å². The summed E-state index contributed by atoms with van der Waals surface area (Å²) in [6.07, 6.45) is 1.58. The third-order valence-corrected chi connectivity index (χ3v) is 2.33. The first-order chi connectivity index (χ1) is 6.58.